The molecule has 0 radical (unpaired) electrons. The van der Waals surface area contributed by atoms with E-state index in [4.69, 9.17) is 4.74 Å². The fraction of sp³-hybridized carbons (Fsp3) is 0.263. The number of ether oxygens (including phenoxy) is 1. The fourth-order valence-electron chi connectivity index (χ4n) is 3.43. The molecule has 4 heteroatoms. The number of rotatable bonds is 2. The summed E-state index contributed by atoms with van der Waals surface area (Å²) in [5, 5.41) is 8.87. The number of fused-ring (bicyclic) bond motifs is 5. The molecule has 3 aromatic rings. The summed E-state index contributed by atoms with van der Waals surface area (Å²) in [5.74, 6) is 0. The zero-order valence-electron chi connectivity index (χ0n) is 13.4. The fourth-order valence-corrected chi connectivity index (χ4v) is 3.43. The van der Waals surface area contributed by atoms with Crippen LogP contribution in [0.25, 0.3) is 22.5 Å². The maximum atomic E-state index is 5.80. The SMILES string of the molecule is CCn1nnc2c1-c1ccccc1CC(OC)c1ccccc1-2. The van der Waals surface area contributed by atoms with Crippen LogP contribution >= 0.6 is 0 Å². The van der Waals surface area contributed by atoms with Gasteiger partial charge in [0.2, 0.25) is 0 Å². The van der Waals surface area contributed by atoms with Gasteiger partial charge in [-0.15, -0.1) is 5.10 Å². The van der Waals surface area contributed by atoms with E-state index in [1.807, 2.05) is 10.7 Å². The van der Waals surface area contributed by atoms with E-state index in [1.165, 1.54) is 16.7 Å². The first kappa shape index (κ1) is 14.2. The van der Waals surface area contributed by atoms with Gasteiger partial charge in [0, 0.05) is 31.2 Å². The number of hydrogen-bond donors (Lipinski definition) is 0. The maximum Gasteiger partial charge on any atom is 0.121 e. The Morgan fingerprint density at radius 2 is 1.83 bits per heavy atom. The van der Waals surface area contributed by atoms with Crippen LogP contribution in [0.1, 0.15) is 24.2 Å². The molecule has 0 saturated heterocycles. The van der Waals surface area contributed by atoms with Gasteiger partial charge in [0.25, 0.3) is 0 Å². The van der Waals surface area contributed by atoms with Crippen LogP contribution < -0.4 is 0 Å². The van der Waals surface area contributed by atoms with E-state index >= 15 is 0 Å². The molecule has 0 N–H and O–H groups in total. The highest BCUT2D eigenvalue weighted by molar-refractivity contribution is 5.82. The number of hydrogen-bond acceptors (Lipinski definition) is 3. The first-order chi connectivity index (χ1) is 11.3. The van der Waals surface area contributed by atoms with Gasteiger partial charge < -0.3 is 4.74 Å². The summed E-state index contributed by atoms with van der Waals surface area (Å²) in [4.78, 5) is 0. The summed E-state index contributed by atoms with van der Waals surface area (Å²) in [6.45, 7) is 2.90. The molecule has 0 amide bonds. The van der Waals surface area contributed by atoms with Crippen LogP contribution in [0, 0.1) is 0 Å². The van der Waals surface area contributed by atoms with E-state index in [2.05, 4.69) is 59.7 Å². The molecular formula is C19H19N3O. The molecule has 1 aromatic heterocycles. The minimum absolute atomic E-state index is 0.0206. The zero-order chi connectivity index (χ0) is 15.8. The lowest BCUT2D eigenvalue weighted by Gasteiger charge is -2.23. The van der Waals surface area contributed by atoms with Crippen LogP contribution in [0.3, 0.4) is 0 Å². The molecule has 1 unspecified atom stereocenters. The van der Waals surface area contributed by atoms with Gasteiger partial charge in [-0.1, -0.05) is 53.7 Å². The smallest absolute Gasteiger partial charge is 0.121 e. The van der Waals surface area contributed by atoms with Crippen molar-refractivity contribution < 1.29 is 4.74 Å². The standard InChI is InChI=1S/C19H19N3O/c1-3-22-19-14-9-5-4-8-13(14)12-17(23-2)15-10-6-7-11-16(15)18(19)20-21-22/h4-11,17H,3,12H2,1-2H3. The highest BCUT2D eigenvalue weighted by Crippen LogP contribution is 2.41. The Balaban J connectivity index is 2.08. The molecule has 0 saturated carbocycles. The van der Waals surface area contributed by atoms with E-state index in [0.717, 1.165) is 29.9 Å². The third-order valence-corrected chi connectivity index (χ3v) is 4.56. The summed E-state index contributed by atoms with van der Waals surface area (Å²) < 4.78 is 7.79. The van der Waals surface area contributed by atoms with Crippen molar-refractivity contribution in [3.8, 4) is 22.5 Å². The van der Waals surface area contributed by atoms with Gasteiger partial charge >= 0.3 is 0 Å². The second-order valence-electron chi connectivity index (χ2n) is 5.78. The average molecular weight is 305 g/mol. The van der Waals surface area contributed by atoms with Gasteiger partial charge in [0.15, 0.2) is 0 Å². The average Bonchev–Trinajstić information content (AvgIpc) is 3.02. The van der Waals surface area contributed by atoms with E-state index in [1.54, 1.807) is 7.11 Å². The van der Waals surface area contributed by atoms with E-state index in [-0.39, 0.29) is 6.10 Å². The third kappa shape index (κ3) is 2.18. The van der Waals surface area contributed by atoms with Gasteiger partial charge in [0.1, 0.15) is 5.69 Å². The van der Waals surface area contributed by atoms with Crippen molar-refractivity contribution >= 4 is 0 Å². The van der Waals surface area contributed by atoms with Crippen molar-refractivity contribution in [3.63, 3.8) is 0 Å². The Kier molecular flexibility index (Phi) is 3.46. The monoisotopic (exact) mass is 305 g/mol. The predicted molar refractivity (Wildman–Crippen MR) is 90.0 cm³/mol. The Morgan fingerprint density at radius 1 is 1.09 bits per heavy atom. The van der Waals surface area contributed by atoms with Crippen LogP contribution in [0.2, 0.25) is 0 Å². The number of methoxy groups -OCH3 is 1. The summed E-state index contributed by atoms with van der Waals surface area (Å²) in [5.41, 5.74) is 6.80. The van der Waals surface area contributed by atoms with Crippen LogP contribution in [-0.2, 0) is 17.7 Å². The van der Waals surface area contributed by atoms with Crippen molar-refractivity contribution in [2.45, 2.75) is 26.0 Å². The van der Waals surface area contributed by atoms with E-state index in [9.17, 15) is 0 Å². The maximum absolute atomic E-state index is 5.80. The van der Waals surface area contributed by atoms with Crippen molar-refractivity contribution in [1.29, 1.82) is 0 Å². The van der Waals surface area contributed by atoms with Gasteiger partial charge in [-0.2, -0.15) is 0 Å². The highest BCUT2D eigenvalue weighted by Gasteiger charge is 2.27. The van der Waals surface area contributed by atoms with Gasteiger partial charge in [-0.25, -0.2) is 4.68 Å². The van der Waals surface area contributed by atoms with E-state index in [0.29, 0.717) is 0 Å². The molecule has 0 aliphatic heterocycles. The molecule has 0 bridgehead atoms. The summed E-state index contributed by atoms with van der Waals surface area (Å²) in [6.07, 6.45) is 0.866. The molecule has 1 heterocycles. The van der Waals surface area contributed by atoms with Crippen LogP contribution in [0.15, 0.2) is 48.5 Å². The molecule has 0 spiro atoms. The lowest BCUT2D eigenvalue weighted by molar-refractivity contribution is 0.104. The quantitative estimate of drug-likeness (QED) is 0.721. The highest BCUT2D eigenvalue weighted by atomic mass is 16.5. The Bertz CT molecular complexity index is 853. The molecule has 0 fully saturated rings. The molecule has 23 heavy (non-hydrogen) atoms. The van der Waals surface area contributed by atoms with Crippen molar-refractivity contribution in [2.24, 2.45) is 0 Å². The van der Waals surface area contributed by atoms with Crippen molar-refractivity contribution in [1.82, 2.24) is 15.0 Å². The molecule has 2 aromatic carbocycles. The first-order valence-electron chi connectivity index (χ1n) is 7.97. The molecule has 4 rings (SSSR count). The Labute approximate surface area is 135 Å². The van der Waals surface area contributed by atoms with Gasteiger partial charge in [-0.3, -0.25) is 0 Å². The van der Waals surface area contributed by atoms with Crippen molar-refractivity contribution in [3.05, 3.63) is 59.7 Å². The number of aromatic nitrogens is 3. The van der Waals surface area contributed by atoms with Crippen LogP contribution in [-0.4, -0.2) is 22.1 Å². The topological polar surface area (TPSA) is 39.9 Å². The lowest BCUT2D eigenvalue weighted by atomic mass is 9.87. The lowest BCUT2D eigenvalue weighted by Crippen LogP contribution is -2.11. The predicted octanol–water partition coefficient (Wildman–Crippen LogP) is 3.88. The number of aryl methyl sites for hydroxylation is 1. The second-order valence-corrected chi connectivity index (χ2v) is 5.78. The minimum Gasteiger partial charge on any atom is -0.376 e. The number of benzene rings is 2. The van der Waals surface area contributed by atoms with Crippen molar-refractivity contribution in [2.75, 3.05) is 7.11 Å². The Morgan fingerprint density at radius 3 is 2.61 bits per heavy atom. The van der Waals surface area contributed by atoms with Gasteiger partial charge in [-0.05, 0) is 18.1 Å². The normalized spacial score (nSPS) is 16.0. The molecule has 116 valence electrons. The summed E-state index contributed by atoms with van der Waals surface area (Å²) in [7, 11) is 1.77. The van der Waals surface area contributed by atoms with Gasteiger partial charge in [0.05, 0.1) is 11.8 Å². The van der Waals surface area contributed by atoms with Crippen LogP contribution in [0.5, 0.6) is 0 Å². The second kappa shape index (κ2) is 5.63. The molecule has 1 aliphatic rings. The molecule has 1 atom stereocenters. The third-order valence-electron chi connectivity index (χ3n) is 4.56. The van der Waals surface area contributed by atoms with E-state index < -0.39 is 0 Å². The molecule has 4 nitrogen and oxygen atoms in total. The molecule has 1 aliphatic carbocycles. The molecular weight excluding hydrogens is 286 g/mol. The first-order valence-corrected chi connectivity index (χ1v) is 7.97. The minimum atomic E-state index is 0.0206. The largest absolute Gasteiger partial charge is 0.376 e. The Hall–Kier alpha value is -2.46. The summed E-state index contributed by atoms with van der Waals surface area (Å²) in [6, 6.07) is 16.8. The van der Waals surface area contributed by atoms with Crippen LogP contribution in [0.4, 0.5) is 0 Å². The number of nitrogens with zero attached hydrogens (tertiary/aromatic N) is 3. The zero-order valence-corrected chi connectivity index (χ0v) is 13.4. The summed E-state index contributed by atoms with van der Waals surface area (Å²) >= 11 is 0.